The molecule has 0 bridgehead atoms. The number of carbonyl (C=O) groups excluding carboxylic acids is 1. The molecule has 1 rings (SSSR count). The molecule has 1 saturated heterocycles. The Hall–Kier alpha value is -1.06. The number of hydrogen-bond acceptors (Lipinski definition) is 2. The van der Waals surface area contributed by atoms with E-state index < -0.39 is 11.4 Å². The van der Waals surface area contributed by atoms with Gasteiger partial charge in [-0.05, 0) is 12.8 Å². The van der Waals surface area contributed by atoms with Crippen LogP contribution in [0.5, 0.6) is 0 Å². The predicted molar refractivity (Wildman–Crippen MR) is 47.2 cm³/mol. The Morgan fingerprint density at radius 3 is 2.92 bits per heavy atom. The minimum Gasteiger partial charge on any atom is -0.481 e. The summed E-state index contributed by atoms with van der Waals surface area (Å²) >= 11 is 0. The highest BCUT2D eigenvalue weighted by Gasteiger charge is 2.36. The molecule has 4 nitrogen and oxygen atoms in total. The monoisotopic (exact) mass is 185 g/mol. The molecule has 0 aromatic rings. The van der Waals surface area contributed by atoms with Crippen LogP contribution in [0.4, 0.5) is 0 Å². The van der Waals surface area contributed by atoms with Crippen LogP contribution in [0.2, 0.25) is 0 Å². The standard InChI is InChI=1S/C9H15NO3/c1-9(6-7(11)12)4-2-3-5-10-8(9)13/h2-6H2,1H3,(H,10,13)(H,11,12). The first-order valence-corrected chi connectivity index (χ1v) is 4.55. The van der Waals surface area contributed by atoms with E-state index in [9.17, 15) is 9.59 Å². The third-order valence-corrected chi connectivity index (χ3v) is 2.53. The van der Waals surface area contributed by atoms with Crippen LogP contribution in [0, 0.1) is 5.41 Å². The molecule has 13 heavy (non-hydrogen) atoms. The molecular weight excluding hydrogens is 170 g/mol. The lowest BCUT2D eigenvalue weighted by molar-refractivity contribution is -0.144. The molecule has 0 radical (unpaired) electrons. The van der Waals surface area contributed by atoms with E-state index >= 15 is 0 Å². The maximum Gasteiger partial charge on any atom is 0.304 e. The Morgan fingerprint density at radius 2 is 2.31 bits per heavy atom. The number of carbonyl (C=O) groups is 2. The van der Waals surface area contributed by atoms with Gasteiger partial charge in [-0.25, -0.2) is 0 Å². The van der Waals surface area contributed by atoms with E-state index in [0.717, 1.165) is 12.8 Å². The van der Waals surface area contributed by atoms with Crippen LogP contribution in [0.15, 0.2) is 0 Å². The predicted octanol–water partition coefficient (Wildman–Crippen LogP) is 0.767. The molecule has 1 fully saturated rings. The number of carboxylic acids is 1. The second kappa shape index (κ2) is 3.77. The number of aliphatic carboxylic acids is 1. The summed E-state index contributed by atoms with van der Waals surface area (Å²) < 4.78 is 0. The Kier molecular flexibility index (Phi) is 2.90. The van der Waals surface area contributed by atoms with Gasteiger partial charge in [0.1, 0.15) is 0 Å². The first kappa shape index (κ1) is 10.0. The van der Waals surface area contributed by atoms with Crippen molar-refractivity contribution in [2.24, 2.45) is 5.41 Å². The van der Waals surface area contributed by atoms with Gasteiger partial charge in [-0.3, -0.25) is 9.59 Å². The van der Waals surface area contributed by atoms with E-state index in [1.54, 1.807) is 6.92 Å². The number of nitrogens with one attached hydrogen (secondary N) is 1. The summed E-state index contributed by atoms with van der Waals surface area (Å²) in [6.07, 6.45) is 2.47. The van der Waals surface area contributed by atoms with E-state index in [-0.39, 0.29) is 12.3 Å². The Labute approximate surface area is 77.3 Å². The molecule has 0 spiro atoms. The van der Waals surface area contributed by atoms with Crippen LogP contribution < -0.4 is 5.32 Å². The molecule has 1 atom stereocenters. The van der Waals surface area contributed by atoms with Crippen LogP contribution in [0.3, 0.4) is 0 Å². The van der Waals surface area contributed by atoms with Gasteiger partial charge < -0.3 is 10.4 Å². The fourth-order valence-corrected chi connectivity index (χ4v) is 1.67. The van der Waals surface area contributed by atoms with Gasteiger partial charge in [-0.15, -0.1) is 0 Å². The second-order valence-corrected chi connectivity index (χ2v) is 3.84. The lowest BCUT2D eigenvalue weighted by Gasteiger charge is -2.23. The van der Waals surface area contributed by atoms with E-state index in [1.165, 1.54) is 0 Å². The highest BCUT2D eigenvalue weighted by atomic mass is 16.4. The number of carboxylic acid groups (broad SMARTS) is 1. The Balaban J connectivity index is 2.70. The smallest absolute Gasteiger partial charge is 0.304 e. The molecule has 0 aromatic carbocycles. The van der Waals surface area contributed by atoms with Gasteiger partial charge in [-0.1, -0.05) is 13.3 Å². The van der Waals surface area contributed by atoms with Crippen molar-refractivity contribution in [3.8, 4) is 0 Å². The normalized spacial score (nSPS) is 29.2. The van der Waals surface area contributed by atoms with Crippen LogP contribution >= 0.6 is 0 Å². The second-order valence-electron chi connectivity index (χ2n) is 3.84. The summed E-state index contributed by atoms with van der Waals surface area (Å²) in [6.45, 7) is 2.40. The molecule has 74 valence electrons. The quantitative estimate of drug-likeness (QED) is 0.667. The summed E-state index contributed by atoms with van der Waals surface area (Å²) in [5.74, 6) is -1.02. The number of rotatable bonds is 2. The summed E-state index contributed by atoms with van der Waals surface area (Å²) in [7, 11) is 0. The first-order valence-electron chi connectivity index (χ1n) is 4.55. The third kappa shape index (κ3) is 2.44. The number of amides is 1. The molecule has 4 heteroatoms. The molecule has 1 aliphatic rings. The van der Waals surface area contributed by atoms with Crippen molar-refractivity contribution < 1.29 is 14.7 Å². The molecule has 2 N–H and O–H groups in total. The van der Waals surface area contributed by atoms with Gasteiger partial charge in [-0.2, -0.15) is 0 Å². The van der Waals surface area contributed by atoms with Crippen LogP contribution in [-0.2, 0) is 9.59 Å². The fourth-order valence-electron chi connectivity index (χ4n) is 1.67. The minimum absolute atomic E-state index is 0.0706. The zero-order chi connectivity index (χ0) is 9.90. The molecule has 1 aliphatic heterocycles. The van der Waals surface area contributed by atoms with Gasteiger partial charge in [0.2, 0.25) is 5.91 Å². The fraction of sp³-hybridized carbons (Fsp3) is 0.778. The van der Waals surface area contributed by atoms with E-state index in [1.807, 2.05) is 0 Å². The van der Waals surface area contributed by atoms with Crippen molar-refractivity contribution in [1.29, 1.82) is 0 Å². The topological polar surface area (TPSA) is 66.4 Å². The molecular formula is C9H15NO3. The zero-order valence-electron chi connectivity index (χ0n) is 7.80. The van der Waals surface area contributed by atoms with E-state index in [0.29, 0.717) is 13.0 Å². The minimum atomic E-state index is -0.903. The van der Waals surface area contributed by atoms with Gasteiger partial charge in [0.15, 0.2) is 0 Å². The lowest BCUT2D eigenvalue weighted by atomic mass is 9.81. The number of hydrogen-bond donors (Lipinski definition) is 2. The lowest BCUT2D eigenvalue weighted by Crippen LogP contribution is -2.38. The SMILES string of the molecule is CC1(CC(=O)O)CCCCNC1=O. The van der Waals surface area contributed by atoms with Crippen LogP contribution in [-0.4, -0.2) is 23.5 Å². The summed E-state index contributed by atoms with van der Waals surface area (Å²) in [6, 6.07) is 0. The maximum atomic E-state index is 11.5. The van der Waals surface area contributed by atoms with E-state index in [2.05, 4.69) is 5.32 Å². The van der Waals surface area contributed by atoms with Gasteiger partial charge in [0.05, 0.1) is 11.8 Å². The van der Waals surface area contributed by atoms with Crippen molar-refractivity contribution in [3.63, 3.8) is 0 Å². The average Bonchev–Trinajstić information content (AvgIpc) is 2.14. The third-order valence-electron chi connectivity index (χ3n) is 2.53. The highest BCUT2D eigenvalue weighted by Crippen LogP contribution is 2.30. The Morgan fingerprint density at radius 1 is 1.62 bits per heavy atom. The zero-order valence-corrected chi connectivity index (χ0v) is 7.80. The van der Waals surface area contributed by atoms with Crippen molar-refractivity contribution in [2.45, 2.75) is 32.6 Å². The summed E-state index contributed by atoms with van der Waals surface area (Å²) in [5, 5.41) is 11.4. The largest absolute Gasteiger partial charge is 0.481 e. The van der Waals surface area contributed by atoms with Gasteiger partial charge >= 0.3 is 5.97 Å². The Bertz CT molecular complexity index is 227. The maximum absolute atomic E-state index is 11.5. The average molecular weight is 185 g/mol. The van der Waals surface area contributed by atoms with Gasteiger partial charge in [0, 0.05) is 6.54 Å². The molecule has 0 aliphatic carbocycles. The molecule has 0 aromatic heterocycles. The highest BCUT2D eigenvalue weighted by molar-refractivity contribution is 5.86. The summed E-state index contributed by atoms with van der Waals surface area (Å²) in [5.41, 5.74) is -0.706. The molecule has 1 amide bonds. The van der Waals surface area contributed by atoms with Crippen LogP contribution in [0.25, 0.3) is 0 Å². The van der Waals surface area contributed by atoms with Crippen molar-refractivity contribution >= 4 is 11.9 Å². The molecule has 1 unspecified atom stereocenters. The van der Waals surface area contributed by atoms with Crippen molar-refractivity contribution in [1.82, 2.24) is 5.32 Å². The van der Waals surface area contributed by atoms with Gasteiger partial charge in [0.25, 0.3) is 0 Å². The molecule has 0 saturated carbocycles. The first-order chi connectivity index (χ1) is 6.04. The van der Waals surface area contributed by atoms with Crippen molar-refractivity contribution in [3.05, 3.63) is 0 Å². The van der Waals surface area contributed by atoms with E-state index in [4.69, 9.17) is 5.11 Å². The summed E-state index contributed by atoms with van der Waals surface area (Å²) in [4.78, 5) is 22.0. The van der Waals surface area contributed by atoms with Crippen molar-refractivity contribution in [2.75, 3.05) is 6.54 Å². The van der Waals surface area contributed by atoms with Crippen LogP contribution in [0.1, 0.15) is 32.6 Å². The molecule has 1 heterocycles.